The fourth-order valence-corrected chi connectivity index (χ4v) is 5.05. The summed E-state index contributed by atoms with van der Waals surface area (Å²) in [6, 6.07) is 22.3. The number of nitrogens with one attached hydrogen (secondary N) is 1. The standard InChI is InChI=1S/C32H34N2O3/c1-2-3-10-23-13-7-8-16-29(23)36-22-27-25-14-9-15-28(35)26(25)17-18-30(27)37-31(21-32-33-19-20-34-32)24-11-5-4-6-12-24/h4-8,11-13,16-20,31H,2-3,9-10,14-15,21-22H2,1H3,(H,33,34)/t31-/m0/s1. The molecule has 5 nitrogen and oxygen atoms in total. The molecule has 0 saturated carbocycles. The lowest BCUT2D eigenvalue weighted by Gasteiger charge is -2.25. The van der Waals surface area contributed by atoms with Gasteiger partial charge in [0.1, 0.15) is 30.0 Å². The number of nitrogens with zero attached hydrogens (tertiary/aromatic N) is 1. The van der Waals surface area contributed by atoms with E-state index in [0.29, 0.717) is 19.4 Å². The summed E-state index contributed by atoms with van der Waals surface area (Å²) in [5, 5.41) is 0. The van der Waals surface area contributed by atoms with Gasteiger partial charge in [0, 0.05) is 36.4 Å². The van der Waals surface area contributed by atoms with Gasteiger partial charge in [0.2, 0.25) is 0 Å². The second-order valence-electron chi connectivity index (χ2n) is 9.60. The summed E-state index contributed by atoms with van der Waals surface area (Å²) in [5.41, 5.74) is 5.12. The quantitative estimate of drug-likeness (QED) is 0.239. The monoisotopic (exact) mass is 494 g/mol. The summed E-state index contributed by atoms with van der Waals surface area (Å²) in [7, 11) is 0. The Kier molecular flexibility index (Phi) is 7.99. The van der Waals surface area contributed by atoms with E-state index < -0.39 is 0 Å². The van der Waals surface area contributed by atoms with Crippen molar-refractivity contribution >= 4 is 5.78 Å². The van der Waals surface area contributed by atoms with Crippen LogP contribution in [0.5, 0.6) is 11.5 Å². The van der Waals surface area contributed by atoms with E-state index in [9.17, 15) is 4.79 Å². The number of Topliss-reactive ketones (excluding diaryl/α,β-unsaturated/α-hetero) is 1. The summed E-state index contributed by atoms with van der Waals surface area (Å²) in [4.78, 5) is 20.4. The number of hydrogen-bond acceptors (Lipinski definition) is 4. The SMILES string of the molecule is CCCCc1ccccc1OCc1c(O[C@@H](Cc2ncc[nH]2)c2ccccc2)ccc2c1CCCC2=O. The molecule has 0 spiro atoms. The van der Waals surface area contributed by atoms with Gasteiger partial charge in [0.25, 0.3) is 0 Å². The Balaban J connectivity index is 1.48. The molecule has 1 aliphatic carbocycles. The van der Waals surface area contributed by atoms with Gasteiger partial charge in [-0.15, -0.1) is 0 Å². The molecule has 5 heteroatoms. The smallest absolute Gasteiger partial charge is 0.163 e. The molecule has 37 heavy (non-hydrogen) atoms. The van der Waals surface area contributed by atoms with Crippen LogP contribution in [0.25, 0.3) is 0 Å². The largest absolute Gasteiger partial charge is 0.488 e. The van der Waals surface area contributed by atoms with Crippen molar-refractivity contribution in [3.8, 4) is 11.5 Å². The highest BCUT2D eigenvalue weighted by Crippen LogP contribution is 2.35. The van der Waals surface area contributed by atoms with Gasteiger partial charge >= 0.3 is 0 Å². The normalized spacial score (nSPS) is 13.7. The highest BCUT2D eigenvalue weighted by molar-refractivity contribution is 5.99. The Morgan fingerprint density at radius 1 is 0.973 bits per heavy atom. The summed E-state index contributed by atoms with van der Waals surface area (Å²) in [6.45, 7) is 2.56. The molecule has 0 fully saturated rings. The molecule has 4 aromatic rings. The van der Waals surface area contributed by atoms with E-state index in [1.54, 1.807) is 6.20 Å². The van der Waals surface area contributed by atoms with Gasteiger partial charge in [-0.3, -0.25) is 4.79 Å². The predicted octanol–water partition coefficient (Wildman–Crippen LogP) is 7.21. The molecule has 0 bridgehead atoms. The maximum atomic E-state index is 12.8. The number of aryl methyl sites for hydroxylation is 1. The van der Waals surface area contributed by atoms with E-state index in [0.717, 1.165) is 71.7 Å². The van der Waals surface area contributed by atoms with E-state index in [-0.39, 0.29) is 11.9 Å². The Labute approximate surface area is 218 Å². The lowest BCUT2D eigenvalue weighted by atomic mass is 9.87. The topological polar surface area (TPSA) is 64.2 Å². The van der Waals surface area contributed by atoms with Crippen LogP contribution in [-0.4, -0.2) is 15.8 Å². The molecule has 190 valence electrons. The van der Waals surface area contributed by atoms with Gasteiger partial charge in [-0.1, -0.05) is 61.9 Å². The van der Waals surface area contributed by atoms with Crippen molar-refractivity contribution < 1.29 is 14.3 Å². The van der Waals surface area contributed by atoms with E-state index in [2.05, 4.69) is 41.2 Å². The number of rotatable bonds is 11. The Bertz CT molecular complexity index is 1320. The van der Waals surface area contributed by atoms with E-state index in [1.165, 1.54) is 5.56 Å². The van der Waals surface area contributed by atoms with Crippen molar-refractivity contribution in [2.24, 2.45) is 0 Å². The highest BCUT2D eigenvalue weighted by Gasteiger charge is 2.25. The van der Waals surface area contributed by atoms with Crippen LogP contribution in [0, 0.1) is 0 Å². The van der Waals surface area contributed by atoms with Crippen LogP contribution < -0.4 is 9.47 Å². The molecule has 0 saturated heterocycles. The molecule has 1 atom stereocenters. The van der Waals surface area contributed by atoms with Crippen LogP contribution in [0.4, 0.5) is 0 Å². The maximum Gasteiger partial charge on any atom is 0.163 e. The average molecular weight is 495 g/mol. The average Bonchev–Trinajstić information content (AvgIpc) is 3.45. The third kappa shape index (κ3) is 5.93. The minimum absolute atomic E-state index is 0.201. The maximum absolute atomic E-state index is 12.8. The number of aromatic amines is 1. The lowest BCUT2D eigenvalue weighted by Crippen LogP contribution is -2.18. The first-order valence-corrected chi connectivity index (χ1v) is 13.3. The molecule has 0 unspecified atom stereocenters. The number of hydrogen-bond donors (Lipinski definition) is 1. The molecular formula is C32H34N2O3. The Morgan fingerprint density at radius 3 is 2.62 bits per heavy atom. The van der Waals surface area contributed by atoms with Gasteiger partial charge < -0.3 is 14.5 Å². The molecule has 1 N–H and O–H groups in total. The van der Waals surface area contributed by atoms with Gasteiger partial charge in [-0.25, -0.2) is 4.98 Å². The fourth-order valence-electron chi connectivity index (χ4n) is 5.05. The van der Waals surface area contributed by atoms with Crippen molar-refractivity contribution in [3.05, 3.63) is 113 Å². The third-order valence-corrected chi connectivity index (χ3v) is 7.04. The molecule has 0 aliphatic heterocycles. The van der Waals surface area contributed by atoms with E-state index >= 15 is 0 Å². The molecule has 1 aliphatic rings. The first kappa shape index (κ1) is 24.8. The van der Waals surface area contributed by atoms with Crippen LogP contribution in [-0.2, 0) is 25.9 Å². The second-order valence-corrected chi connectivity index (χ2v) is 9.60. The van der Waals surface area contributed by atoms with Gasteiger partial charge in [-0.05, 0) is 60.6 Å². The highest BCUT2D eigenvalue weighted by atomic mass is 16.5. The van der Waals surface area contributed by atoms with Gasteiger partial charge in [-0.2, -0.15) is 0 Å². The molecule has 0 radical (unpaired) electrons. The number of H-pyrrole nitrogens is 1. The zero-order chi connectivity index (χ0) is 25.5. The zero-order valence-corrected chi connectivity index (χ0v) is 21.4. The minimum Gasteiger partial charge on any atom is -0.488 e. The number of unbranched alkanes of at least 4 members (excludes halogenated alkanes) is 1. The number of para-hydroxylation sites is 1. The van der Waals surface area contributed by atoms with Gasteiger partial charge in [0.05, 0.1) is 0 Å². The number of carbonyl (C=O) groups excluding carboxylic acids is 1. The number of benzene rings is 3. The number of carbonyl (C=O) groups is 1. The van der Waals surface area contributed by atoms with Crippen molar-refractivity contribution in [3.63, 3.8) is 0 Å². The van der Waals surface area contributed by atoms with Crippen LogP contribution >= 0.6 is 0 Å². The minimum atomic E-state index is -0.236. The molecule has 3 aromatic carbocycles. The molecule has 5 rings (SSSR count). The fraction of sp³-hybridized carbons (Fsp3) is 0.312. The Morgan fingerprint density at radius 2 is 1.81 bits per heavy atom. The first-order chi connectivity index (χ1) is 18.2. The third-order valence-electron chi connectivity index (χ3n) is 7.04. The zero-order valence-electron chi connectivity index (χ0n) is 21.4. The first-order valence-electron chi connectivity index (χ1n) is 13.3. The van der Waals surface area contributed by atoms with Crippen molar-refractivity contribution in [1.29, 1.82) is 0 Å². The second kappa shape index (κ2) is 11.9. The summed E-state index contributed by atoms with van der Waals surface area (Å²) < 4.78 is 13.2. The number of imidazole rings is 1. The lowest BCUT2D eigenvalue weighted by molar-refractivity contribution is 0.0971. The van der Waals surface area contributed by atoms with Crippen molar-refractivity contribution in [2.45, 2.75) is 64.6 Å². The summed E-state index contributed by atoms with van der Waals surface area (Å²) >= 11 is 0. The Hall–Kier alpha value is -3.86. The number of ether oxygens (including phenoxy) is 2. The van der Waals surface area contributed by atoms with Crippen molar-refractivity contribution in [1.82, 2.24) is 9.97 Å². The number of aromatic nitrogens is 2. The molecule has 1 heterocycles. The van der Waals surface area contributed by atoms with E-state index in [4.69, 9.17) is 9.47 Å². The van der Waals surface area contributed by atoms with Gasteiger partial charge in [0.15, 0.2) is 5.78 Å². The molecular weight excluding hydrogens is 460 g/mol. The van der Waals surface area contributed by atoms with Crippen molar-refractivity contribution in [2.75, 3.05) is 0 Å². The van der Waals surface area contributed by atoms with Crippen LogP contribution in [0.3, 0.4) is 0 Å². The van der Waals surface area contributed by atoms with Crippen LogP contribution in [0.15, 0.2) is 79.1 Å². The molecule has 1 aromatic heterocycles. The van der Waals surface area contributed by atoms with Crippen LogP contribution in [0.2, 0.25) is 0 Å². The number of ketones is 1. The predicted molar refractivity (Wildman–Crippen MR) is 145 cm³/mol. The summed E-state index contributed by atoms with van der Waals surface area (Å²) in [5.74, 6) is 2.73. The van der Waals surface area contributed by atoms with E-state index in [1.807, 2.05) is 48.7 Å². The molecule has 0 amide bonds. The summed E-state index contributed by atoms with van der Waals surface area (Å²) in [6.07, 6.45) is 9.50. The number of fused-ring (bicyclic) bond motifs is 1. The van der Waals surface area contributed by atoms with Crippen LogP contribution in [0.1, 0.15) is 77.1 Å².